The summed E-state index contributed by atoms with van der Waals surface area (Å²) in [6.07, 6.45) is 10.6. The van der Waals surface area contributed by atoms with E-state index in [9.17, 15) is 4.79 Å². The summed E-state index contributed by atoms with van der Waals surface area (Å²) >= 11 is 0. The lowest BCUT2D eigenvalue weighted by Gasteiger charge is -2.12. The Balaban J connectivity index is 1.88. The zero-order valence-electron chi connectivity index (χ0n) is 12.1. The summed E-state index contributed by atoms with van der Waals surface area (Å²) in [5, 5.41) is 0. The number of allylic oxidation sites excluding steroid dienone is 2. The highest BCUT2D eigenvalue weighted by Gasteiger charge is 2.27. The predicted octanol–water partition coefficient (Wildman–Crippen LogP) is 3.42. The Bertz CT molecular complexity index is 729. The first-order valence-electron chi connectivity index (χ1n) is 7.81. The van der Waals surface area contributed by atoms with E-state index in [4.69, 9.17) is 4.98 Å². The highest BCUT2D eigenvalue weighted by molar-refractivity contribution is 5.98. The molecule has 0 radical (unpaired) electrons. The SMILES string of the molecule is O=C1CCCN1c1nc(C2=CCCCC2)n2ccccc12. The zero-order chi connectivity index (χ0) is 14.2. The van der Waals surface area contributed by atoms with Crippen molar-refractivity contribution in [2.45, 2.75) is 38.5 Å². The minimum Gasteiger partial charge on any atom is -0.298 e. The van der Waals surface area contributed by atoms with Gasteiger partial charge in [0.05, 0.1) is 5.52 Å². The number of fused-ring (bicyclic) bond motifs is 1. The van der Waals surface area contributed by atoms with E-state index in [-0.39, 0.29) is 5.91 Å². The van der Waals surface area contributed by atoms with Crippen LogP contribution in [0.3, 0.4) is 0 Å². The molecule has 1 saturated heterocycles. The van der Waals surface area contributed by atoms with Crippen LogP contribution in [0.4, 0.5) is 5.82 Å². The lowest BCUT2D eigenvalue weighted by molar-refractivity contribution is -0.117. The molecule has 0 unspecified atom stereocenters. The van der Waals surface area contributed by atoms with Gasteiger partial charge in [-0.1, -0.05) is 12.1 Å². The van der Waals surface area contributed by atoms with E-state index in [0.717, 1.165) is 43.0 Å². The Kier molecular flexibility index (Phi) is 3.02. The molecule has 0 atom stereocenters. The van der Waals surface area contributed by atoms with Gasteiger partial charge in [-0.3, -0.25) is 14.1 Å². The third-order valence-electron chi connectivity index (χ3n) is 4.44. The Labute approximate surface area is 124 Å². The van der Waals surface area contributed by atoms with Crippen LogP contribution in [-0.4, -0.2) is 21.8 Å². The van der Waals surface area contributed by atoms with Gasteiger partial charge in [-0.05, 0) is 49.8 Å². The number of pyridine rings is 1. The van der Waals surface area contributed by atoms with Crippen LogP contribution in [0.2, 0.25) is 0 Å². The van der Waals surface area contributed by atoms with Crippen LogP contribution in [0.5, 0.6) is 0 Å². The van der Waals surface area contributed by atoms with Crippen molar-refractivity contribution in [1.29, 1.82) is 0 Å². The Morgan fingerprint density at radius 1 is 1.10 bits per heavy atom. The molecule has 21 heavy (non-hydrogen) atoms. The lowest BCUT2D eigenvalue weighted by Crippen LogP contribution is -2.24. The first-order chi connectivity index (χ1) is 10.3. The summed E-state index contributed by atoms with van der Waals surface area (Å²) in [6.45, 7) is 0.791. The monoisotopic (exact) mass is 281 g/mol. The van der Waals surface area contributed by atoms with Crippen LogP contribution < -0.4 is 4.90 Å². The summed E-state index contributed by atoms with van der Waals surface area (Å²) in [5.74, 6) is 2.04. The Morgan fingerprint density at radius 3 is 2.81 bits per heavy atom. The van der Waals surface area contributed by atoms with Crippen LogP contribution in [-0.2, 0) is 4.79 Å². The van der Waals surface area contributed by atoms with Crippen LogP contribution in [0.15, 0.2) is 30.5 Å². The van der Waals surface area contributed by atoms with Crippen molar-refractivity contribution >= 4 is 22.8 Å². The topological polar surface area (TPSA) is 37.6 Å². The predicted molar refractivity (Wildman–Crippen MR) is 83.2 cm³/mol. The molecule has 1 amide bonds. The number of nitrogens with zero attached hydrogens (tertiary/aromatic N) is 3. The minimum atomic E-state index is 0.197. The average Bonchev–Trinajstić information content (AvgIpc) is 3.11. The number of rotatable bonds is 2. The van der Waals surface area contributed by atoms with Crippen molar-refractivity contribution in [3.05, 3.63) is 36.3 Å². The van der Waals surface area contributed by atoms with Gasteiger partial charge in [0.15, 0.2) is 5.82 Å². The van der Waals surface area contributed by atoms with Gasteiger partial charge in [0, 0.05) is 19.2 Å². The molecule has 0 N–H and O–H groups in total. The fraction of sp³-hybridized carbons (Fsp3) is 0.412. The van der Waals surface area contributed by atoms with Gasteiger partial charge in [-0.2, -0.15) is 0 Å². The summed E-state index contributed by atoms with van der Waals surface area (Å²) in [6, 6.07) is 6.10. The normalized spacial score (nSPS) is 19.3. The second kappa shape index (κ2) is 5.02. The molecule has 4 heteroatoms. The molecule has 2 aliphatic rings. The van der Waals surface area contributed by atoms with E-state index in [1.165, 1.54) is 18.4 Å². The third-order valence-corrected chi connectivity index (χ3v) is 4.44. The maximum absolute atomic E-state index is 12.1. The molecule has 1 aliphatic heterocycles. The molecule has 0 aromatic carbocycles. The lowest BCUT2D eigenvalue weighted by atomic mass is 9.99. The van der Waals surface area contributed by atoms with E-state index in [0.29, 0.717) is 6.42 Å². The van der Waals surface area contributed by atoms with Gasteiger partial charge in [-0.25, -0.2) is 4.98 Å². The number of aromatic nitrogens is 2. The van der Waals surface area contributed by atoms with Gasteiger partial charge < -0.3 is 0 Å². The molecule has 0 saturated carbocycles. The number of carbonyl (C=O) groups is 1. The molecular weight excluding hydrogens is 262 g/mol. The van der Waals surface area contributed by atoms with Gasteiger partial charge in [0.25, 0.3) is 0 Å². The van der Waals surface area contributed by atoms with Crippen LogP contribution in [0.1, 0.15) is 44.3 Å². The van der Waals surface area contributed by atoms with E-state index >= 15 is 0 Å². The maximum atomic E-state index is 12.1. The molecular formula is C17H19N3O. The second-order valence-corrected chi connectivity index (χ2v) is 5.84. The number of anilines is 1. The smallest absolute Gasteiger partial charge is 0.228 e. The van der Waals surface area contributed by atoms with Gasteiger partial charge in [0.2, 0.25) is 5.91 Å². The largest absolute Gasteiger partial charge is 0.298 e. The summed E-state index contributed by atoms with van der Waals surface area (Å²) < 4.78 is 2.14. The standard InChI is InChI=1S/C17H19N3O/c21-15-10-6-12-20(15)17-14-9-4-5-11-19(14)16(18-17)13-7-2-1-3-8-13/h4-5,7,9,11H,1-3,6,8,10,12H2. The minimum absolute atomic E-state index is 0.197. The number of carbonyl (C=O) groups excluding carboxylic acids is 1. The fourth-order valence-electron chi connectivity index (χ4n) is 3.36. The second-order valence-electron chi connectivity index (χ2n) is 5.84. The quantitative estimate of drug-likeness (QED) is 0.846. The van der Waals surface area contributed by atoms with Crippen molar-refractivity contribution in [2.24, 2.45) is 0 Å². The molecule has 0 spiro atoms. The van der Waals surface area contributed by atoms with E-state index < -0.39 is 0 Å². The summed E-state index contributed by atoms with van der Waals surface area (Å²) in [5.41, 5.74) is 2.36. The molecule has 1 fully saturated rings. The Hall–Kier alpha value is -2.10. The molecule has 2 aromatic rings. The van der Waals surface area contributed by atoms with Gasteiger partial charge in [-0.15, -0.1) is 0 Å². The summed E-state index contributed by atoms with van der Waals surface area (Å²) in [4.78, 5) is 18.8. The average molecular weight is 281 g/mol. The zero-order valence-corrected chi connectivity index (χ0v) is 12.1. The number of imidazole rings is 1. The van der Waals surface area contributed by atoms with Crippen molar-refractivity contribution < 1.29 is 4.79 Å². The molecule has 3 heterocycles. The number of hydrogen-bond acceptors (Lipinski definition) is 2. The van der Waals surface area contributed by atoms with Crippen molar-refractivity contribution in [3.63, 3.8) is 0 Å². The molecule has 2 aromatic heterocycles. The highest BCUT2D eigenvalue weighted by atomic mass is 16.2. The van der Waals surface area contributed by atoms with Crippen LogP contribution in [0, 0.1) is 0 Å². The molecule has 108 valence electrons. The first kappa shape index (κ1) is 12.6. The van der Waals surface area contributed by atoms with E-state index in [2.05, 4.69) is 22.7 Å². The number of hydrogen-bond donors (Lipinski definition) is 0. The third kappa shape index (κ3) is 2.06. The molecule has 0 bridgehead atoms. The van der Waals surface area contributed by atoms with Crippen LogP contribution >= 0.6 is 0 Å². The van der Waals surface area contributed by atoms with E-state index in [1.54, 1.807) is 0 Å². The van der Waals surface area contributed by atoms with Crippen molar-refractivity contribution in [1.82, 2.24) is 9.38 Å². The summed E-state index contributed by atoms with van der Waals surface area (Å²) in [7, 11) is 0. The fourth-order valence-corrected chi connectivity index (χ4v) is 3.36. The first-order valence-corrected chi connectivity index (χ1v) is 7.81. The Morgan fingerprint density at radius 2 is 2.05 bits per heavy atom. The highest BCUT2D eigenvalue weighted by Crippen LogP contribution is 2.32. The van der Waals surface area contributed by atoms with Gasteiger partial charge >= 0.3 is 0 Å². The molecule has 4 rings (SSSR count). The van der Waals surface area contributed by atoms with Gasteiger partial charge in [0.1, 0.15) is 5.82 Å². The maximum Gasteiger partial charge on any atom is 0.228 e. The van der Waals surface area contributed by atoms with E-state index in [1.807, 2.05) is 17.0 Å². The van der Waals surface area contributed by atoms with Crippen LogP contribution in [0.25, 0.3) is 11.1 Å². The van der Waals surface area contributed by atoms with Crippen molar-refractivity contribution in [2.75, 3.05) is 11.4 Å². The van der Waals surface area contributed by atoms with Crippen molar-refractivity contribution in [3.8, 4) is 0 Å². The molecule has 1 aliphatic carbocycles. The molecule has 4 nitrogen and oxygen atoms in total. The number of amides is 1.